The highest BCUT2D eigenvalue weighted by Gasteiger charge is 2.34. The first-order valence-corrected chi connectivity index (χ1v) is 8.66. The Balaban J connectivity index is 1.37. The van der Waals surface area contributed by atoms with Crippen LogP contribution in [0.15, 0.2) is 12.4 Å². The van der Waals surface area contributed by atoms with Crippen molar-refractivity contribution in [3.63, 3.8) is 0 Å². The third-order valence-electron chi connectivity index (χ3n) is 5.48. The highest BCUT2D eigenvalue weighted by atomic mass is 16.3. The van der Waals surface area contributed by atoms with E-state index in [1.54, 1.807) is 6.33 Å². The monoisotopic (exact) mass is 314 g/mol. The number of aliphatic hydroxyl groups is 1. The fourth-order valence-electron chi connectivity index (χ4n) is 3.90. The van der Waals surface area contributed by atoms with Gasteiger partial charge in [-0.3, -0.25) is 4.90 Å². The maximum Gasteiger partial charge on any atom is 0.200 e. The molecule has 0 bridgehead atoms. The lowest BCUT2D eigenvalue weighted by Gasteiger charge is -2.45. The molecule has 2 saturated heterocycles. The molecule has 3 aliphatic rings. The van der Waals surface area contributed by atoms with Gasteiger partial charge in [-0.05, 0) is 31.7 Å². The van der Waals surface area contributed by atoms with Crippen molar-refractivity contribution in [3.05, 3.63) is 18.1 Å². The number of anilines is 1. The van der Waals surface area contributed by atoms with Gasteiger partial charge in [-0.15, -0.1) is 10.2 Å². The van der Waals surface area contributed by atoms with E-state index >= 15 is 0 Å². The summed E-state index contributed by atoms with van der Waals surface area (Å²) in [5, 5.41) is 22.5. The standard InChI is InChI=1S/C16H22N6O/c23-13-8-21(9-13)12-3-5-20(6-4-12)15-7-14(11-1-2-11)19-22-10-17-18-16(15)22/h7,10-13,23H,1-6,8-9H2. The fourth-order valence-corrected chi connectivity index (χ4v) is 3.90. The maximum atomic E-state index is 9.49. The zero-order valence-corrected chi connectivity index (χ0v) is 13.2. The summed E-state index contributed by atoms with van der Waals surface area (Å²) in [5.74, 6) is 0.626. The van der Waals surface area contributed by atoms with Gasteiger partial charge in [0, 0.05) is 38.1 Å². The predicted octanol–water partition coefficient (Wildman–Crippen LogP) is 0.647. The van der Waals surface area contributed by atoms with Crippen LogP contribution in [0.1, 0.15) is 37.3 Å². The van der Waals surface area contributed by atoms with Gasteiger partial charge >= 0.3 is 0 Å². The molecule has 7 nitrogen and oxygen atoms in total. The second kappa shape index (κ2) is 5.14. The van der Waals surface area contributed by atoms with E-state index in [2.05, 4.69) is 31.2 Å². The van der Waals surface area contributed by atoms with Crippen LogP contribution in [-0.4, -0.2) is 68.1 Å². The first kappa shape index (κ1) is 13.7. The van der Waals surface area contributed by atoms with E-state index in [1.807, 2.05) is 4.52 Å². The molecule has 23 heavy (non-hydrogen) atoms. The van der Waals surface area contributed by atoms with E-state index in [-0.39, 0.29) is 6.10 Å². The lowest BCUT2D eigenvalue weighted by Crippen LogP contribution is -2.57. The molecule has 0 radical (unpaired) electrons. The molecular formula is C16H22N6O. The summed E-state index contributed by atoms with van der Waals surface area (Å²) >= 11 is 0. The third-order valence-corrected chi connectivity index (χ3v) is 5.48. The van der Waals surface area contributed by atoms with Crippen LogP contribution in [0.4, 0.5) is 5.69 Å². The van der Waals surface area contributed by atoms with Crippen molar-refractivity contribution in [2.24, 2.45) is 0 Å². The molecule has 4 heterocycles. The number of hydrogen-bond donors (Lipinski definition) is 1. The zero-order valence-electron chi connectivity index (χ0n) is 13.2. The van der Waals surface area contributed by atoms with Gasteiger partial charge in [-0.2, -0.15) is 9.61 Å². The number of rotatable bonds is 3. The van der Waals surface area contributed by atoms with Gasteiger partial charge in [0.15, 0.2) is 0 Å². The SMILES string of the molecule is OC1CN(C2CCN(c3cc(C4CC4)nn4cnnc34)CC2)C1. The molecular weight excluding hydrogens is 292 g/mol. The van der Waals surface area contributed by atoms with Crippen molar-refractivity contribution in [1.82, 2.24) is 24.7 Å². The third kappa shape index (κ3) is 2.38. The Bertz CT molecular complexity index is 712. The Morgan fingerprint density at radius 3 is 2.57 bits per heavy atom. The molecule has 2 aromatic heterocycles. The smallest absolute Gasteiger partial charge is 0.200 e. The minimum Gasteiger partial charge on any atom is -0.390 e. The number of fused-ring (bicyclic) bond motifs is 1. The van der Waals surface area contributed by atoms with Gasteiger partial charge in [0.1, 0.15) is 6.33 Å². The van der Waals surface area contributed by atoms with Crippen molar-refractivity contribution in [1.29, 1.82) is 0 Å². The van der Waals surface area contributed by atoms with Crippen LogP contribution in [0.25, 0.3) is 5.65 Å². The van der Waals surface area contributed by atoms with Gasteiger partial charge in [0.05, 0.1) is 17.5 Å². The summed E-state index contributed by atoms with van der Waals surface area (Å²) in [7, 11) is 0. The van der Waals surface area contributed by atoms with E-state index in [1.165, 1.54) is 24.2 Å². The second-order valence-electron chi connectivity index (χ2n) is 7.15. The van der Waals surface area contributed by atoms with Crippen LogP contribution in [0.5, 0.6) is 0 Å². The van der Waals surface area contributed by atoms with Gasteiger partial charge in [0.2, 0.25) is 5.65 Å². The number of nitrogens with zero attached hydrogens (tertiary/aromatic N) is 6. The first-order chi connectivity index (χ1) is 11.3. The van der Waals surface area contributed by atoms with Gasteiger partial charge in [-0.1, -0.05) is 0 Å². The highest BCUT2D eigenvalue weighted by Crippen LogP contribution is 2.40. The van der Waals surface area contributed by atoms with Crippen LogP contribution < -0.4 is 4.90 Å². The molecule has 1 saturated carbocycles. The molecule has 0 aromatic carbocycles. The second-order valence-corrected chi connectivity index (χ2v) is 7.15. The largest absolute Gasteiger partial charge is 0.390 e. The van der Waals surface area contributed by atoms with Crippen LogP contribution in [0, 0.1) is 0 Å². The van der Waals surface area contributed by atoms with Crippen LogP contribution in [0.3, 0.4) is 0 Å². The van der Waals surface area contributed by atoms with E-state index in [0.29, 0.717) is 12.0 Å². The Kier molecular flexibility index (Phi) is 3.06. The summed E-state index contributed by atoms with van der Waals surface area (Å²) in [6.07, 6.45) is 6.39. The Morgan fingerprint density at radius 2 is 1.87 bits per heavy atom. The first-order valence-electron chi connectivity index (χ1n) is 8.66. The topological polar surface area (TPSA) is 69.8 Å². The quantitative estimate of drug-likeness (QED) is 0.897. The van der Waals surface area contributed by atoms with E-state index in [9.17, 15) is 5.11 Å². The van der Waals surface area contributed by atoms with Crippen LogP contribution in [0.2, 0.25) is 0 Å². The summed E-state index contributed by atoms with van der Waals surface area (Å²) in [6, 6.07) is 2.85. The number of aliphatic hydroxyl groups excluding tert-OH is 1. The summed E-state index contributed by atoms with van der Waals surface area (Å²) in [6.45, 7) is 3.77. The van der Waals surface area contributed by atoms with Gasteiger partial charge in [0.25, 0.3) is 0 Å². The van der Waals surface area contributed by atoms with Crippen molar-refractivity contribution >= 4 is 11.3 Å². The lowest BCUT2D eigenvalue weighted by molar-refractivity contribution is -0.0300. The zero-order chi connectivity index (χ0) is 15.4. The molecule has 1 N–H and O–H groups in total. The number of β-amino-alcohol motifs (C(OH)–C–C–N with tert-alkyl or cyclic N) is 1. The Morgan fingerprint density at radius 1 is 1.09 bits per heavy atom. The molecule has 0 unspecified atom stereocenters. The van der Waals surface area contributed by atoms with Crippen molar-refractivity contribution in [3.8, 4) is 0 Å². The molecule has 122 valence electrons. The molecule has 3 fully saturated rings. The molecule has 7 heteroatoms. The van der Waals surface area contributed by atoms with E-state index < -0.39 is 0 Å². The normalized spacial score (nSPS) is 24.3. The lowest BCUT2D eigenvalue weighted by atomic mass is 9.98. The molecule has 2 aromatic rings. The number of likely N-dealkylation sites (tertiary alicyclic amines) is 1. The molecule has 2 aliphatic heterocycles. The highest BCUT2D eigenvalue weighted by molar-refractivity contribution is 5.68. The summed E-state index contributed by atoms with van der Waals surface area (Å²) in [5.41, 5.74) is 3.23. The average molecular weight is 314 g/mol. The molecule has 5 rings (SSSR count). The van der Waals surface area contributed by atoms with Gasteiger partial charge < -0.3 is 10.0 Å². The predicted molar refractivity (Wildman–Crippen MR) is 85.6 cm³/mol. The summed E-state index contributed by atoms with van der Waals surface area (Å²) in [4.78, 5) is 4.85. The van der Waals surface area contributed by atoms with Crippen molar-refractivity contribution < 1.29 is 5.11 Å². The van der Waals surface area contributed by atoms with Crippen LogP contribution in [-0.2, 0) is 0 Å². The average Bonchev–Trinajstić information content (AvgIpc) is 3.29. The van der Waals surface area contributed by atoms with Gasteiger partial charge in [-0.25, -0.2) is 0 Å². The molecule has 1 aliphatic carbocycles. The Hall–Kier alpha value is -1.73. The Labute approximate surface area is 134 Å². The number of piperidine rings is 1. The minimum absolute atomic E-state index is 0.107. The maximum absolute atomic E-state index is 9.49. The summed E-state index contributed by atoms with van der Waals surface area (Å²) < 4.78 is 1.83. The molecule has 0 amide bonds. The van der Waals surface area contributed by atoms with Crippen LogP contribution >= 0.6 is 0 Å². The fraction of sp³-hybridized carbons (Fsp3) is 0.688. The number of aromatic nitrogens is 4. The van der Waals surface area contributed by atoms with E-state index in [4.69, 9.17) is 0 Å². The van der Waals surface area contributed by atoms with E-state index in [0.717, 1.165) is 44.7 Å². The number of hydrogen-bond acceptors (Lipinski definition) is 6. The molecule has 0 atom stereocenters. The minimum atomic E-state index is -0.107. The molecule has 0 spiro atoms. The van der Waals surface area contributed by atoms with Crippen molar-refractivity contribution in [2.45, 2.75) is 43.7 Å². The van der Waals surface area contributed by atoms with Crippen molar-refractivity contribution in [2.75, 3.05) is 31.1 Å².